The van der Waals surface area contributed by atoms with E-state index in [1.165, 1.54) is 23.9 Å². The number of hydrogen-bond acceptors (Lipinski definition) is 15. The van der Waals surface area contributed by atoms with Gasteiger partial charge in [-0.1, -0.05) is 18.2 Å². The topological polar surface area (TPSA) is 293 Å². The number of carbonyl (C=O) groups excluding carboxylic acids is 1. The minimum absolute atomic E-state index is 0.170. The minimum Gasteiger partial charge on any atom is -0.366 e. The molecule has 2 fully saturated rings. The van der Waals surface area contributed by atoms with Gasteiger partial charge >= 0.3 is 0 Å². The molecular formula is C18H24N4O13. The van der Waals surface area contributed by atoms with Crippen LogP contribution < -0.4 is 5.32 Å². The predicted molar refractivity (Wildman–Crippen MR) is 105 cm³/mol. The first kappa shape index (κ1) is 25.7. The van der Waals surface area contributed by atoms with Gasteiger partial charge in [-0.3, -0.25) is 9.48 Å². The van der Waals surface area contributed by atoms with Crippen molar-refractivity contribution in [1.82, 2.24) is 20.0 Å². The smallest absolute Gasteiger partial charge is 0.283 e. The fraction of sp³-hybridized carbons (Fsp3) is 0.556. The first-order valence-electron chi connectivity index (χ1n) is 9.82. The van der Waals surface area contributed by atoms with E-state index in [9.17, 15) is 66.1 Å². The fourth-order valence-corrected chi connectivity index (χ4v) is 4.90. The summed E-state index contributed by atoms with van der Waals surface area (Å²) in [6.45, 7) is 0. The largest absolute Gasteiger partial charge is 0.366 e. The highest BCUT2D eigenvalue weighted by atomic mass is 16.7. The Labute approximate surface area is 194 Å². The van der Waals surface area contributed by atoms with Gasteiger partial charge in [0.2, 0.25) is 23.0 Å². The number of aromatic nitrogens is 2. The Kier molecular flexibility index (Phi) is 4.92. The second-order valence-corrected chi connectivity index (χ2v) is 8.77. The van der Waals surface area contributed by atoms with Crippen LogP contribution in [0.15, 0.2) is 24.3 Å². The van der Waals surface area contributed by atoms with Crippen molar-refractivity contribution in [2.75, 3.05) is 7.05 Å². The second kappa shape index (κ2) is 6.69. The normalized spacial score (nSPS) is 34.5. The molecule has 1 aromatic heterocycles. The molecule has 2 bridgehead atoms. The molecule has 2 aromatic rings. The van der Waals surface area contributed by atoms with Crippen LogP contribution in [0, 0.1) is 0 Å². The third kappa shape index (κ3) is 2.44. The predicted octanol–water partition coefficient (Wildman–Crippen LogP) is -7.59. The lowest BCUT2D eigenvalue weighted by atomic mass is 9.61. The molecule has 3 heterocycles. The van der Waals surface area contributed by atoms with E-state index in [-0.39, 0.29) is 5.39 Å². The molecule has 17 nitrogen and oxygen atoms in total. The maximum atomic E-state index is 13.0. The molecule has 0 spiro atoms. The van der Waals surface area contributed by atoms with Gasteiger partial charge in [0.1, 0.15) is 6.04 Å². The van der Waals surface area contributed by atoms with Gasteiger partial charge in [-0.15, -0.1) is 0 Å². The van der Waals surface area contributed by atoms with Crippen molar-refractivity contribution >= 4 is 16.8 Å². The lowest BCUT2D eigenvalue weighted by Crippen LogP contribution is -3.05. The summed E-state index contributed by atoms with van der Waals surface area (Å²) in [5.41, 5.74) is -8.76. The summed E-state index contributed by atoms with van der Waals surface area (Å²) >= 11 is 0. The third-order valence-electron chi connectivity index (χ3n) is 6.99. The molecule has 2 unspecified atom stereocenters. The zero-order chi connectivity index (χ0) is 26.8. The fourth-order valence-electron chi connectivity index (χ4n) is 4.90. The second-order valence-electron chi connectivity index (χ2n) is 8.77. The average Bonchev–Trinajstić information content (AvgIpc) is 3.10. The van der Waals surface area contributed by atoms with E-state index < -0.39 is 62.9 Å². The zero-order valence-electron chi connectivity index (χ0n) is 18.0. The van der Waals surface area contributed by atoms with Gasteiger partial charge in [0.25, 0.3) is 23.3 Å². The standard InChI is InChI=1S/C18H24N4O13/c1-21-8-6-4-3-5-7(8)9(20-21)10(23)19-11-12(24,25)14(28)16(30,31)18(34,35)17(32,33)15(29,22(14)2)13(11,26)27/h3-6,11,24-35H,1-2H3,(H,19,23). The number of aryl methyl sites for hydroxylation is 1. The first-order valence-corrected chi connectivity index (χ1v) is 9.82. The molecule has 4 rings (SSSR count). The minimum atomic E-state index is -4.88. The number of likely N-dealkylation sites (N-methyl/N-ethyl adjacent to an activating group) is 1. The van der Waals surface area contributed by atoms with Crippen molar-refractivity contribution in [1.29, 1.82) is 0 Å². The number of fused-ring (bicyclic) bond motifs is 3. The van der Waals surface area contributed by atoms with E-state index >= 15 is 0 Å². The van der Waals surface area contributed by atoms with Gasteiger partial charge in [0.05, 0.1) is 5.52 Å². The zero-order valence-corrected chi connectivity index (χ0v) is 18.0. The molecule has 2 aliphatic heterocycles. The van der Waals surface area contributed by atoms with Crippen LogP contribution in [0.25, 0.3) is 10.9 Å². The Morgan fingerprint density at radius 1 is 0.800 bits per heavy atom. The Hall–Kier alpha value is -2.36. The van der Waals surface area contributed by atoms with Crippen molar-refractivity contribution in [3.05, 3.63) is 30.0 Å². The molecule has 2 saturated heterocycles. The van der Waals surface area contributed by atoms with Crippen LogP contribution in [0.4, 0.5) is 0 Å². The van der Waals surface area contributed by atoms with E-state index in [0.717, 1.165) is 0 Å². The number of hydrogen-bond donors (Lipinski definition) is 13. The van der Waals surface area contributed by atoms with Gasteiger partial charge < -0.3 is 66.6 Å². The summed E-state index contributed by atoms with van der Waals surface area (Å²) in [5.74, 6) is -24.6. The van der Waals surface area contributed by atoms with Crippen LogP contribution in [0.2, 0.25) is 0 Å². The average molecular weight is 504 g/mol. The number of benzene rings is 1. The molecule has 2 aliphatic rings. The quantitative estimate of drug-likeness (QED) is 0.169. The van der Waals surface area contributed by atoms with E-state index in [1.54, 1.807) is 17.4 Å². The van der Waals surface area contributed by atoms with E-state index in [4.69, 9.17) is 0 Å². The van der Waals surface area contributed by atoms with Crippen LogP contribution in [-0.2, 0) is 7.05 Å². The maximum absolute atomic E-state index is 13.0. The number of nitrogens with one attached hydrogen (secondary N) is 1. The molecule has 2 atom stereocenters. The number of aliphatic hydroxyl groups is 12. The van der Waals surface area contributed by atoms with Crippen LogP contribution >= 0.6 is 0 Å². The van der Waals surface area contributed by atoms with Crippen LogP contribution in [0.3, 0.4) is 0 Å². The Bertz CT molecular complexity index is 1180. The molecule has 194 valence electrons. The third-order valence-corrected chi connectivity index (χ3v) is 6.99. The summed E-state index contributed by atoms with van der Waals surface area (Å²) in [5, 5.41) is 132. The molecule has 1 amide bonds. The Morgan fingerprint density at radius 2 is 1.26 bits per heavy atom. The number of carbonyl (C=O) groups is 1. The maximum Gasteiger partial charge on any atom is 0.283 e. The van der Waals surface area contributed by atoms with Crippen molar-refractivity contribution in [2.45, 2.75) is 46.4 Å². The lowest BCUT2D eigenvalue weighted by Gasteiger charge is -2.72. The van der Waals surface area contributed by atoms with Crippen molar-refractivity contribution < 1.29 is 66.1 Å². The highest BCUT2D eigenvalue weighted by molar-refractivity contribution is 6.05. The molecule has 17 heteroatoms. The van der Waals surface area contributed by atoms with Gasteiger partial charge in [-0.25, -0.2) is 4.90 Å². The summed E-state index contributed by atoms with van der Waals surface area (Å²) in [6.07, 6.45) is 0. The highest BCUT2D eigenvalue weighted by Crippen LogP contribution is 2.60. The first-order chi connectivity index (χ1) is 15.7. The summed E-state index contributed by atoms with van der Waals surface area (Å²) in [6, 6.07) is 2.88. The lowest BCUT2D eigenvalue weighted by molar-refractivity contribution is -0.633. The SMILES string of the molecule is CN1C2(O)C(O)(O)C(NC(=O)c3nn(C)c4ccccc34)C(O)(O)C1(O)C(O)(O)C(O)(O)C2(O)O. The molecule has 13 N–H and O–H groups in total. The van der Waals surface area contributed by atoms with Gasteiger partial charge in [0, 0.05) is 12.4 Å². The van der Waals surface area contributed by atoms with Crippen LogP contribution in [0.1, 0.15) is 10.5 Å². The van der Waals surface area contributed by atoms with Crippen LogP contribution in [-0.4, -0.2) is 135 Å². The molecule has 0 aliphatic carbocycles. The van der Waals surface area contributed by atoms with Crippen molar-refractivity contribution in [3.63, 3.8) is 0 Å². The molecule has 0 radical (unpaired) electrons. The number of para-hydroxylation sites is 1. The number of piperidine rings is 2. The van der Waals surface area contributed by atoms with Crippen molar-refractivity contribution in [3.8, 4) is 0 Å². The summed E-state index contributed by atoms with van der Waals surface area (Å²) in [7, 11) is 1.76. The number of rotatable bonds is 2. The summed E-state index contributed by atoms with van der Waals surface area (Å²) < 4.78 is 1.23. The van der Waals surface area contributed by atoms with Crippen LogP contribution in [0.5, 0.6) is 0 Å². The number of nitrogens with zero attached hydrogens (tertiary/aromatic N) is 3. The van der Waals surface area contributed by atoms with E-state index in [0.29, 0.717) is 12.6 Å². The monoisotopic (exact) mass is 504 g/mol. The highest BCUT2D eigenvalue weighted by Gasteiger charge is 2.96. The molecule has 35 heavy (non-hydrogen) atoms. The van der Waals surface area contributed by atoms with Crippen molar-refractivity contribution in [2.24, 2.45) is 7.05 Å². The summed E-state index contributed by atoms with van der Waals surface area (Å²) in [4.78, 5) is 12.5. The van der Waals surface area contributed by atoms with Gasteiger partial charge in [-0.2, -0.15) is 5.10 Å². The Balaban J connectivity index is 1.93. The molecule has 1 aromatic carbocycles. The Morgan fingerprint density at radius 3 is 1.74 bits per heavy atom. The van der Waals surface area contributed by atoms with Gasteiger partial charge in [-0.05, 0) is 13.1 Å². The molecular weight excluding hydrogens is 480 g/mol. The van der Waals surface area contributed by atoms with E-state index in [2.05, 4.69) is 5.10 Å². The van der Waals surface area contributed by atoms with E-state index in [1.807, 2.05) is 0 Å². The number of amides is 1. The van der Waals surface area contributed by atoms with Gasteiger partial charge in [0.15, 0.2) is 5.69 Å². The molecule has 0 saturated carbocycles.